The zero-order chi connectivity index (χ0) is 19.0. The summed E-state index contributed by atoms with van der Waals surface area (Å²) in [4.78, 5) is 20.4. The summed E-state index contributed by atoms with van der Waals surface area (Å²) in [5.41, 5.74) is 1.31. The molecule has 1 aromatic heterocycles. The van der Waals surface area contributed by atoms with Gasteiger partial charge in [0.25, 0.3) is 5.91 Å². The van der Waals surface area contributed by atoms with Crippen molar-refractivity contribution in [1.29, 1.82) is 0 Å². The maximum Gasteiger partial charge on any atom is 0.286 e. The Bertz CT molecular complexity index is 1140. The van der Waals surface area contributed by atoms with E-state index >= 15 is 0 Å². The molecule has 8 heteroatoms. The van der Waals surface area contributed by atoms with Gasteiger partial charge in [0, 0.05) is 11.6 Å². The van der Waals surface area contributed by atoms with Crippen molar-refractivity contribution in [3.8, 4) is 0 Å². The zero-order valence-corrected chi connectivity index (χ0v) is 14.4. The molecule has 2 aromatic carbocycles. The summed E-state index contributed by atoms with van der Waals surface area (Å²) in [6.45, 7) is 0. The number of anilines is 1. The van der Waals surface area contributed by atoms with Crippen LogP contribution in [0.3, 0.4) is 0 Å². The first-order valence-corrected chi connectivity index (χ1v) is 8.61. The summed E-state index contributed by atoms with van der Waals surface area (Å²) in [7, 11) is 0. The van der Waals surface area contributed by atoms with Crippen LogP contribution in [0.15, 0.2) is 58.6 Å². The van der Waals surface area contributed by atoms with Crippen molar-refractivity contribution >= 4 is 45.5 Å². The number of amides is 1. The van der Waals surface area contributed by atoms with Gasteiger partial charge in [-0.05, 0) is 53.7 Å². The second-order valence-electron chi connectivity index (χ2n) is 5.64. The van der Waals surface area contributed by atoms with Crippen molar-refractivity contribution < 1.29 is 18.0 Å². The van der Waals surface area contributed by atoms with Gasteiger partial charge >= 0.3 is 0 Å². The number of carbonyl (C=O) groups excluding carboxylic acids is 1. The van der Waals surface area contributed by atoms with Crippen LogP contribution in [0, 0.1) is 17.5 Å². The molecule has 134 valence electrons. The lowest BCUT2D eigenvalue weighted by atomic mass is 10.1. The van der Waals surface area contributed by atoms with Crippen LogP contribution in [0.25, 0.3) is 17.0 Å². The number of pyridine rings is 1. The Hall–Kier alpha value is -3.13. The minimum Gasteiger partial charge on any atom is -0.332 e. The van der Waals surface area contributed by atoms with Crippen LogP contribution >= 0.6 is 11.8 Å². The van der Waals surface area contributed by atoms with Crippen LogP contribution in [0.1, 0.15) is 5.56 Å². The van der Waals surface area contributed by atoms with Gasteiger partial charge in [0.05, 0.1) is 16.1 Å². The minimum absolute atomic E-state index is 0.0821. The fraction of sp³-hybridized carbons (Fsp3) is 0. The maximum absolute atomic E-state index is 13.8. The maximum atomic E-state index is 13.8. The first-order valence-electron chi connectivity index (χ1n) is 7.79. The van der Waals surface area contributed by atoms with E-state index in [4.69, 9.17) is 0 Å². The van der Waals surface area contributed by atoms with E-state index in [0.29, 0.717) is 4.91 Å². The van der Waals surface area contributed by atoms with Crippen LogP contribution in [0.4, 0.5) is 18.9 Å². The molecule has 1 N–H and O–H groups in total. The van der Waals surface area contributed by atoms with Gasteiger partial charge in [-0.15, -0.1) is 0 Å². The molecule has 0 saturated heterocycles. The van der Waals surface area contributed by atoms with Gasteiger partial charge in [-0.25, -0.2) is 13.2 Å². The molecule has 1 aliphatic heterocycles. The first kappa shape index (κ1) is 17.3. The third-order valence-electron chi connectivity index (χ3n) is 3.82. The van der Waals surface area contributed by atoms with E-state index in [1.54, 1.807) is 12.3 Å². The number of fused-ring (bicyclic) bond motifs is 1. The van der Waals surface area contributed by atoms with Crippen molar-refractivity contribution in [3.05, 3.63) is 76.6 Å². The van der Waals surface area contributed by atoms with Crippen LogP contribution in [-0.2, 0) is 4.79 Å². The molecule has 0 aliphatic carbocycles. The van der Waals surface area contributed by atoms with E-state index in [1.165, 1.54) is 0 Å². The third-order valence-corrected chi connectivity index (χ3v) is 4.72. The lowest BCUT2D eigenvalue weighted by molar-refractivity contribution is -0.113. The lowest BCUT2D eigenvalue weighted by Gasteiger charge is -2.06. The van der Waals surface area contributed by atoms with Crippen LogP contribution < -0.4 is 5.32 Å². The normalized spacial score (nSPS) is 15.4. The highest BCUT2D eigenvalue weighted by Gasteiger charge is 2.23. The largest absolute Gasteiger partial charge is 0.332 e. The van der Waals surface area contributed by atoms with Gasteiger partial charge in [0.1, 0.15) is 0 Å². The van der Waals surface area contributed by atoms with Gasteiger partial charge in [0.2, 0.25) is 0 Å². The summed E-state index contributed by atoms with van der Waals surface area (Å²) in [6, 6.07) is 11.1. The molecule has 27 heavy (non-hydrogen) atoms. The zero-order valence-electron chi connectivity index (χ0n) is 13.5. The average molecular weight is 385 g/mol. The van der Waals surface area contributed by atoms with E-state index < -0.39 is 23.4 Å². The Morgan fingerprint density at radius 3 is 2.74 bits per heavy atom. The molecular weight excluding hydrogens is 375 g/mol. The molecule has 0 saturated carbocycles. The number of nitrogens with one attached hydrogen (secondary N) is 1. The van der Waals surface area contributed by atoms with E-state index in [9.17, 15) is 18.0 Å². The van der Waals surface area contributed by atoms with E-state index in [-0.39, 0.29) is 10.9 Å². The van der Waals surface area contributed by atoms with Crippen molar-refractivity contribution in [3.63, 3.8) is 0 Å². The van der Waals surface area contributed by atoms with Gasteiger partial charge in [0.15, 0.2) is 22.6 Å². The van der Waals surface area contributed by atoms with E-state index in [2.05, 4.69) is 15.3 Å². The fourth-order valence-electron chi connectivity index (χ4n) is 2.54. The smallest absolute Gasteiger partial charge is 0.286 e. The number of halogens is 3. The van der Waals surface area contributed by atoms with Gasteiger partial charge in [-0.3, -0.25) is 9.78 Å². The second kappa shape index (κ2) is 6.88. The number of hydrogen-bond donors (Lipinski definition) is 1. The van der Waals surface area contributed by atoms with Crippen molar-refractivity contribution in [2.75, 3.05) is 5.32 Å². The number of nitrogens with zero attached hydrogens (tertiary/aromatic N) is 2. The molecule has 4 rings (SSSR count). The van der Waals surface area contributed by atoms with Gasteiger partial charge < -0.3 is 5.32 Å². The Morgan fingerprint density at radius 1 is 1.04 bits per heavy atom. The van der Waals surface area contributed by atoms with Crippen LogP contribution in [-0.4, -0.2) is 16.1 Å². The Kier molecular flexibility index (Phi) is 4.41. The molecule has 4 nitrogen and oxygen atoms in total. The standard InChI is InChI=1S/C19H10F3N3OS/c20-12-4-6-14(17(22)16(12)21)24-19-25-18(26)15(27-19)9-10-3-5-13-11(8-10)2-1-7-23-13/h1-9H,(H,24,25,26). The molecule has 3 aromatic rings. The second-order valence-corrected chi connectivity index (χ2v) is 6.67. The molecule has 0 spiro atoms. The molecule has 0 fully saturated rings. The van der Waals surface area contributed by atoms with E-state index in [1.807, 2.05) is 30.3 Å². The monoisotopic (exact) mass is 385 g/mol. The summed E-state index contributed by atoms with van der Waals surface area (Å²) in [5.74, 6) is -4.75. The lowest BCUT2D eigenvalue weighted by Crippen LogP contribution is -2.08. The predicted octanol–water partition coefficient (Wildman–Crippen LogP) is 4.73. The molecule has 0 unspecified atom stereocenters. The average Bonchev–Trinajstić information content (AvgIpc) is 3.01. The highest BCUT2D eigenvalue weighted by molar-refractivity contribution is 8.18. The topological polar surface area (TPSA) is 54.4 Å². The van der Waals surface area contributed by atoms with Gasteiger partial charge in [-0.2, -0.15) is 4.99 Å². The fourth-order valence-corrected chi connectivity index (χ4v) is 3.36. The highest BCUT2D eigenvalue weighted by Crippen LogP contribution is 2.31. The Morgan fingerprint density at radius 2 is 1.89 bits per heavy atom. The number of benzene rings is 2. The van der Waals surface area contributed by atoms with Gasteiger partial charge in [-0.1, -0.05) is 12.1 Å². The molecular formula is C19H10F3N3OS. The summed E-state index contributed by atoms with van der Waals surface area (Å²) >= 11 is 0.985. The summed E-state index contributed by atoms with van der Waals surface area (Å²) in [5, 5.41) is 3.52. The molecule has 2 heterocycles. The molecule has 0 radical (unpaired) electrons. The quantitative estimate of drug-likeness (QED) is 0.512. The number of amidine groups is 1. The number of aliphatic imine (C=N–C) groups is 1. The van der Waals surface area contributed by atoms with Crippen LogP contribution in [0.2, 0.25) is 0 Å². The molecule has 0 bridgehead atoms. The first-order chi connectivity index (χ1) is 13.0. The SMILES string of the molecule is O=C1N=C(Nc2ccc(F)c(F)c2F)SC1=Cc1ccc2ncccc2c1. The molecule has 1 amide bonds. The summed E-state index contributed by atoms with van der Waals surface area (Å²) < 4.78 is 40.1. The Balaban J connectivity index is 1.56. The number of carbonyl (C=O) groups is 1. The van der Waals surface area contributed by atoms with Crippen molar-refractivity contribution in [2.24, 2.45) is 4.99 Å². The van der Waals surface area contributed by atoms with Crippen molar-refractivity contribution in [2.45, 2.75) is 0 Å². The predicted molar refractivity (Wildman–Crippen MR) is 99.7 cm³/mol. The highest BCUT2D eigenvalue weighted by atomic mass is 32.2. The minimum atomic E-state index is -1.59. The number of aromatic nitrogens is 1. The van der Waals surface area contributed by atoms with Crippen LogP contribution in [0.5, 0.6) is 0 Å². The number of thioether (sulfide) groups is 1. The molecule has 1 aliphatic rings. The number of hydrogen-bond acceptors (Lipinski definition) is 4. The third kappa shape index (κ3) is 3.43. The number of rotatable bonds is 2. The molecule has 0 atom stereocenters. The van der Waals surface area contributed by atoms with E-state index in [0.717, 1.165) is 40.4 Å². The summed E-state index contributed by atoms with van der Waals surface area (Å²) in [6.07, 6.45) is 3.35. The Labute approximate surface area is 155 Å². The van der Waals surface area contributed by atoms with Crippen molar-refractivity contribution in [1.82, 2.24) is 4.98 Å².